The van der Waals surface area contributed by atoms with Gasteiger partial charge in [0.1, 0.15) is 11.5 Å². The van der Waals surface area contributed by atoms with Crippen LogP contribution in [0, 0.1) is 0 Å². The quantitative estimate of drug-likeness (QED) is 0.568. The highest BCUT2D eigenvalue weighted by molar-refractivity contribution is 6.04. The van der Waals surface area contributed by atoms with Crippen molar-refractivity contribution in [3.63, 3.8) is 0 Å². The van der Waals surface area contributed by atoms with E-state index in [1.807, 2.05) is 38.4 Å². The number of hydrogen-bond donors (Lipinski definition) is 1. The molecule has 0 saturated carbocycles. The van der Waals surface area contributed by atoms with Gasteiger partial charge in [-0.3, -0.25) is 4.98 Å². The van der Waals surface area contributed by atoms with Crippen LogP contribution in [0.15, 0.2) is 58.4 Å². The number of oxime groups is 1. The fraction of sp³-hybridized carbons (Fsp3) is 0.238. The summed E-state index contributed by atoms with van der Waals surface area (Å²) in [4.78, 5) is 6.21. The van der Waals surface area contributed by atoms with Crippen LogP contribution in [0.3, 0.4) is 0 Å². The summed E-state index contributed by atoms with van der Waals surface area (Å²) in [6.45, 7) is 0.740. The van der Waals surface area contributed by atoms with E-state index in [0.29, 0.717) is 0 Å². The topological polar surface area (TPSA) is 61.9 Å². The third-order valence-corrected chi connectivity index (χ3v) is 4.68. The lowest BCUT2D eigenvalue weighted by Crippen LogP contribution is -2.09. The number of fused-ring (bicyclic) bond motifs is 1. The number of aromatic nitrogens is 1. The minimum Gasteiger partial charge on any atom is -0.459 e. The fourth-order valence-corrected chi connectivity index (χ4v) is 3.51. The summed E-state index contributed by atoms with van der Waals surface area (Å²) < 4.78 is 6.24. The Morgan fingerprint density at radius 2 is 1.85 bits per heavy atom. The fourth-order valence-electron chi connectivity index (χ4n) is 3.51. The van der Waals surface area contributed by atoms with Crippen LogP contribution in [0.5, 0.6) is 0 Å². The lowest BCUT2D eigenvalue weighted by Gasteiger charge is -2.07. The maximum Gasteiger partial charge on any atom is 0.142 e. The molecule has 0 aliphatic heterocycles. The lowest BCUT2D eigenvalue weighted by atomic mass is 9.99. The second-order valence-electron chi connectivity index (χ2n) is 6.85. The Labute approximate surface area is 152 Å². The number of pyridine rings is 1. The van der Waals surface area contributed by atoms with Crippen LogP contribution in [0.1, 0.15) is 23.3 Å². The van der Waals surface area contributed by atoms with E-state index >= 15 is 0 Å². The van der Waals surface area contributed by atoms with E-state index in [1.54, 1.807) is 12.4 Å². The van der Waals surface area contributed by atoms with E-state index in [1.165, 1.54) is 5.56 Å². The van der Waals surface area contributed by atoms with Crippen molar-refractivity contribution in [2.45, 2.75) is 19.4 Å². The van der Waals surface area contributed by atoms with Crippen molar-refractivity contribution < 1.29 is 9.62 Å². The molecule has 0 spiro atoms. The third-order valence-electron chi connectivity index (χ3n) is 4.68. The zero-order chi connectivity index (χ0) is 18.1. The minimum absolute atomic E-state index is 0.740. The molecule has 0 unspecified atom stereocenters. The van der Waals surface area contributed by atoms with Gasteiger partial charge in [0.2, 0.25) is 0 Å². The van der Waals surface area contributed by atoms with Crippen LogP contribution in [0.4, 0.5) is 0 Å². The van der Waals surface area contributed by atoms with Gasteiger partial charge in [-0.25, -0.2) is 0 Å². The molecule has 0 fully saturated rings. The SMILES string of the molecule is CN(C)Cc1cc(-c2ccncc2)c(-c2ccc3c(c2)CCC3=NO)o1. The van der Waals surface area contributed by atoms with Crippen LogP contribution in [0.2, 0.25) is 0 Å². The van der Waals surface area contributed by atoms with Gasteiger partial charge in [-0.15, -0.1) is 0 Å². The number of rotatable bonds is 4. The normalized spacial score (nSPS) is 15.0. The van der Waals surface area contributed by atoms with E-state index in [4.69, 9.17) is 9.62 Å². The molecule has 0 amide bonds. The molecule has 26 heavy (non-hydrogen) atoms. The summed E-state index contributed by atoms with van der Waals surface area (Å²) >= 11 is 0. The number of nitrogens with zero attached hydrogens (tertiary/aromatic N) is 3. The van der Waals surface area contributed by atoms with Crippen molar-refractivity contribution in [2.24, 2.45) is 5.16 Å². The third kappa shape index (κ3) is 3.02. The van der Waals surface area contributed by atoms with Crippen LogP contribution < -0.4 is 0 Å². The average Bonchev–Trinajstić information content (AvgIpc) is 3.25. The smallest absolute Gasteiger partial charge is 0.142 e. The van der Waals surface area contributed by atoms with Crippen molar-refractivity contribution in [2.75, 3.05) is 14.1 Å². The molecule has 2 heterocycles. The Morgan fingerprint density at radius 3 is 2.58 bits per heavy atom. The second-order valence-corrected chi connectivity index (χ2v) is 6.85. The molecule has 0 radical (unpaired) electrons. The second kappa shape index (κ2) is 6.77. The van der Waals surface area contributed by atoms with E-state index in [9.17, 15) is 0 Å². The predicted octanol–water partition coefficient (Wildman–Crippen LogP) is 4.19. The van der Waals surface area contributed by atoms with Gasteiger partial charge in [0.05, 0.1) is 12.3 Å². The number of aryl methyl sites for hydroxylation is 1. The Hall–Kier alpha value is -2.92. The highest BCUT2D eigenvalue weighted by atomic mass is 16.4. The molecule has 3 aromatic rings. The van der Waals surface area contributed by atoms with Gasteiger partial charge in [-0.05, 0) is 62.3 Å². The predicted molar refractivity (Wildman–Crippen MR) is 101 cm³/mol. The molecule has 4 rings (SSSR count). The Bertz CT molecular complexity index is 959. The first kappa shape index (κ1) is 16.5. The molecule has 5 heteroatoms. The molecule has 132 valence electrons. The molecular formula is C21H21N3O2. The molecule has 1 aliphatic carbocycles. The molecular weight excluding hydrogens is 326 g/mol. The average molecular weight is 347 g/mol. The molecule has 1 aliphatic rings. The number of benzene rings is 1. The Morgan fingerprint density at radius 1 is 1.04 bits per heavy atom. The maximum atomic E-state index is 9.14. The Balaban J connectivity index is 1.82. The minimum atomic E-state index is 0.740. The van der Waals surface area contributed by atoms with E-state index in [-0.39, 0.29) is 0 Å². The number of hydrogen-bond acceptors (Lipinski definition) is 5. The monoisotopic (exact) mass is 347 g/mol. The first-order valence-corrected chi connectivity index (χ1v) is 8.68. The largest absolute Gasteiger partial charge is 0.459 e. The van der Waals surface area contributed by atoms with Gasteiger partial charge in [0, 0.05) is 29.1 Å². The molecule has 0 bridgehead atoms. The zero-order valence-electron chi connectivity index (χ0n) is 14.9. The first-order chi connectivity index (χ1) is 12.7. The van der Waals surface area contributed by atoms with Crippen molar-refractivity contribution >= 4 is 5.71 Å². The maximum absolute atomic E-state index is 9.14. The lowest BCUT2D eigenvalue weighted by molar-refractivity contribution is 0.318. The van der Waals surface area contributed by atoms with Crippen molar-refractivity contribution in [3.8, 4) is 22.5 Å². The van der Waals surface area contributed by atoms with Crippen LogP contribution in [-0.4, -0.2) is 34.9 Å². The molecule has 1 aromatic carbocycles. The van der Waals surface area contributed by atoms with Gasteiger partial charge in [-0.1, -0.05) is 17.3 Å². The first-order valence-electron chi connectivity index (χ1n) is 8.68. The van der Waals surface area contributed by atoms with Crippen LogP contribution in [0.25, 0.3) is 22.5 Å². The van der Waals surface area contributed by atoms with Gasteiger partial charge in [0.15, 0.2) is 0 Å². The molecule has 0 saturated heterocycles. The van der Waals surface area contributed by atoms with Gasteiger partial charge >= 0.3 is 0 Å². The summed E-state index contributed by atoms with van der Waals surface area (Å²) in [5.74, 6) is 1.79. The van der Waals surface area contributed by atoms with Crippen molar-refractivity contribution in [1.29, 1.82) is 0 Å². The molecule has 1 N–H and O–H groups in total. The van der Waals surface area contributed by atoms with Crippen molar-refractivity contribution in [3.05, 3.63) is 65.7 Å². The van der Waals surface area contributed by atoms with E-state index in [2.05, 4.69) is 27.2 Å². The number of furan rings is 1. The van der Waals surface area contributed by atoms with E-state index in [0.717, 1.165) is 58.9 Å². The summed E-state index contributed by atoms with van der Waals surface area (Å²) in [7, 11) is 4.05. The van der Waals surface area contributed by atoms with E-state index < -0.39 is 0 Å². The van der Waals surface area contributed by atoms with Gasteiger partial charge in [0.25, 0.3) is 0 Å². The zero-order valence-corrected chi connectivity index (χ0v) is 14.9. The highest BCUT2D eigenvalue weighted by Crippen LogP contribution is 2.37. The van der Waals surface area contributed by atoms with Crippen LogP contribution >= 0.6 is 0 Å². The van der Waals surface area contributed by atoms with Crippen LogP contribution in [-0.2, 0) is 13.0 Å². The highest BCUT2D eigenvalue weighted by Gasteiger charge is 2.21. The standard InChI is InChI=1S/C21H21N3O2/c1-24(2)13-17-12-19(14-7-9-22-10-8-14)21(26-17)16-3-5-18-15(11-16)4-6-20(18)23-25/h3,5,7-12,25H,4,6,13H2,1-2H3. The Kier molecular flexibility index (Phi) is 4.31. The molecule has 5 nitrogen and oxygen atoms in total. The summed E-state index contributed by atoms with van der Waals surface area (Å²) in [5, 5.41) is 12.6. The van der Waals surface area contributed by atoms with Gasteiger partial charge < -0.3 is 14.5 Å². The summed E-state index contributed by atoms with van der Waals surface area (Å²) in [6, 6.07) is 12.3. The summed E-state index contributed by atoms with van der Waals surface area (Å²) in [6.07, 6.45) is 5.25. The van der Waals surface area contributed by atoms with Gasteiger partial charge in [-0.2, -0.15) is 0 Å². The molecule has 2 aromatic heterocycles. The molecule has 0 atom stereocenters. The van der Waals surface area contributed by atoms with Crippen molar-refractivity contribution in [1.82, 2.24) is 9.88 Å². The summed E-state index contributed by atoms with van der Waals surface area (Å²) in [5.41, 5.74) is 6.18.